The number of thioether (sulfide) groups is 1. The maximum Gasteiger partial charge on any atom is 0.472 e. The van der Waals surface area contributed by atoms with Crippen LogP contribution in [0.3, 0.4) is 0 Å². The van der Waals surface area contributed by atoms with Gasteiger partial charge in [0, 0.05) is 23.8 Å². The van der Waals surface area contributed by atoms with Gasteiger partial charge >= 0.3 is 25.7 Å². The van der Waals surface area contributed by atoms with Gasteiger partial charge < -0.3 is 55.8 Å². The third-order valence-electron chi connectivity index (χ3n) is 11.5. The Balaban J connectivity index is 2.86. The number of hydrogen-bond acceptors (Lipinski definition) is 16. The van der Waals surface area contributed by atoms with E-state index in [1.165, 1.54) is 38.5 Å². The lowest BCUT2D eigenvalue weighted by molar-refractivity contribution is -0.220. The van der Waals surface area contributed by atoms with Crippen LogP contribution in [0, 0.1) is 0 Å². The third-order valence-corrected chi connectivity index (χ3v) is 13.9. The first-order valence-corrected chi connectivity index (χ1v) is 28.2. The molecule has 10 N–H and O–H groups in total. The van der Waals surface area contributed by atoms with Gasteiger partial charge in [0.2, 0.25) is 0 Å². The molecule has 1 fully saturated rings. The highest BCUT2D eigenvalue weighted by Crippen LogP contribution is 2.47. The molecule has 0 aromatic rings. The molecule has 0 aliphatic heterocycles. The molecule has 1 saturated carbocycles. The minimum atomic E-state index is -5.29. The number of aliphatic hydroxyl groups is 6. The van der Waals surface area contributed by atoms with E-state index >= 15 is 0 Å². The van der Waals surface area contributed by atoms with Crippen LogP contribution in [0.2, 0.25) is 0 Å². The SMILES string of the molecule is CCCCC/C=C\C\C=C/C=C/C=C/[C@@H](SC[C@H](N)C(=O)O[C@H](COC(=O)CCCCCCCCC/C=C\C/C=C\CCCCC)COP(=O)(O)OC1[C@H](O)[C@H](O)C(O)[C@H](O)[C@H]1O)[C@@H](O)CCCC(=O)O. The number of phosphoric acid groups is 1. The predicted molar refractivity (Wildman–Crippen MR) is 277 cm³/mol. The van der Waals surface area contributed by atoms with E-state index in [0.717, 1.165) is 82.4 Å². The number of carboxylic acids is 1. The number of aliphatic carboxylic acids is 1. The maximum atomic E-state index is 13.3. The Kier molecular flexibility index (Phi) is 38.5. The molecule has 0 amide bonds. The van der Waals surface area contributed by atoms with Gasteiger partial charge in [-0.25, -0.2) is 4.57 Å². The van der Waals surface area contributed by atoms with Crippen LogP contribution in [0.25, 0.3) is 0 Å². The molecule has 0 spiro atoms. The zero-order valence-corrected chi connectivity index (χ0v) is 43.9. The minimum absolute atomic E-state index is 0.0524. The molecule has 71 heavy (non-hydrogen) atoms. The molecule has 1 aliphatic rings. The normalized spacial score (nSPS) is 22.5. The number of ether oxygens (including phenoxy) is 2. The van der Waals surface area contributed by atoms with Gasteiger partial charge in [-0.15, -0.1) is 11.8 Å². The molecule has 0 heterocycles. The summed E-state index contributed by atoms with van der Waals surface area (Å²) >= 11 is 1.11. The molecule has 408 valence electrons. The number of phosphoric ester groups is 1. The number of hydrogen-bond donors (Lipinski definition) is 9. The van der Waals surface area contributed by atoms with Crippen LogP contribution in [0.4, 0.5) is 0 Å². The largest absolute Gasteiger partial charge is 0.481 e. The first kappa shape index (κ1) is 66.0. The highest BCUT2D eigenvalue weighted by atomic mass is 32.2. The molecule has 1 aliphatic carbocycles. The second-order valence-corrected chi connectivity index (χ2v) is 20.5. The third kappa shape index (κ3) is 32.8. The lowest BCUT2D eigenvalue weighted by atomic mass is 9.85. The Bertz CT molecular complexity index is 1640. The maximum absolute atomic E-state index is 13.3. The van der Waals surface area contributed by atoms with Crippen LogP contribution >= 0.6 is 19.6 Å². The number of carboxylic acid groups (broad SMARTS) is 1. The van der Waals surface area contributed by atoms with Crippen molar-refractivity contribution in [1.29, 1.82) is 0 Å². The molecule has 3 unspecified atom stereocenters. The summed E-state index contributed by atoms with van der Waals surface area (Å²) < 4.78 is 33.7. The van der Waals surface area contributed by atoms with E-state index in [2.05, 4.69) is 50.3 Å². The van der Waals surface area contributed by atoms with Crippen molar-refractivity contribution in [2.75, 3.05) is 19.0 Å². The average Bonchev–Trinajstić information content (AvgIpc) is 3.34. The quantitative estimate of drug-likeness (QED) is 0.00935. The topological polar surface area (TPSA) is 293 Å². The first-order valence-electron chi connectivity index (χ1n) is 25.7. The van der Waals surface area contributed by atoms with E-state index in [9.17, 15) is 54.5 Å². The van der Waals surface area contributed by atoms with Gasteiger partial charge in [0.05, 0.1) is 12.7 Å². The molecule has 19 heteroatoms. The number of carbonyl (C=O) groups excluding carboxylic acids is 2. The van der Waals surface area contributed by atoms with Gasteiger partial charge in [0.1, 0.15) is 49.3 Å². The lowest BCUT2D eigenvalue weighted by Gasteiger charge is -2.41. The Labute approximate surface area is 427 Å². The van der Waals surface area contributed by atoms with E-state index in [1.807, 2.05) is 18.2 Å². The first-order chi connectivity index (χ1) is 34.0. The van der Waals surface area contributed by atoms with E-state index in [1.54, 1.807) is 18.2 Å². The van der Waals surface area contributed by atoms with Gasteiger partial charge in [-0.05, 0) is 70.6 Å². The summed E-state index contributed by atoms with van der Waals surface area (Å²) in [6.07, 6.45) is 28.2. The second-order valence-electron chi connectivity index (χ2n) is 17.9. The zero-order chi connectivity index (χ0) is 52.7. The highest BCUT2D eigenvalue weighted by Gasteiger charge is 2.51. The number of esters is 2. The van der Waals surface area contributed by atoms with Crippen LogP contribution in [-0.2, 0) is 37.5 Å². The van der Waals surface area contributed by atoms with Crippen molar-refractivity contribution in [2.45, 2.75) is 215 Å². The second kappa shape index (κ2) is 41.4. The van der Waals surface area contributed by atoms with Crippen molar-refractivity contribution in [3.8, 4) is 0 Å². The standard InChI is InChI=1S/C52H88NO16PS/c1-3-5-7-9-11-13-15-17-18-19-20-21-23-25-27-29-31-36-45(57)66-37-40(38-67-70(64,65)69-51-49(61)47(59)46(58)48(60)50(51)62)68-52(63)41(53)39-71-43(42(54)33-32-35-44(55)56)34-30-28-26-24-22-16-14-12-10-8-6-4-2/h11-14,17-18,22,24,26,28,30,34,40-43,46-51,54,58-62H,3-10,15-16,19-21,23,25,27,29,31-33,35-39,53H2,1-2H3,(H,55,56)(H,64,65)/b13-11-,14-12-,18-17-,24-22-,28-26+,34-30+/t40-,41+,42+,43-,46?,47-,48+,49-,50-,51?/m1/s1. The molecule has 0 bridgehead atoms. The number of nitrogens with two attached hydrogens (primary N) is 1. The van der Waals surface area contributed by atoms with E-state index in [-0.39, 0.29) is 31.4 Å². The van der Waals surface area contributed by atoms with Crippen LogP contribution < -0.4 is 5.73 Å². The molecule has 0 aromatic heterocycles. The summed E-state index contributed by atoms with van der Waals surface area (Å²) in [5, 5.41) is 70.0. The van der Waals surface area contributed by atoms with Crippen molar-refractivity contribution in [3.05, 3.63) is 72.9 Å². The van der Waals surface area contributed by atoms with Crippen molar-refractivity contribution in [2.24, 2.45) is 5.73 Å². The molecule has 17 nitrogen and oxygen atoms in total. The van der Waals surface area contributed by atoms with Crippen LogP contribution in [0.1, 0.15) is 155 Å². The van der Waals surface area contributed by atoms with Crippen molar-refractivity contribution < 1.29 is 78.1 Å². The molecule has 1 rings (SSSR count). The summed E-state index contributed by atoms with van der Waals surface area (Å²) in [5.74, 6) is -2.76. The van der Waals surface area contributed by atoms with Crippen LogP contribution in [-0.4, -0.2) is 138 Å². The molecular formula is C52H88NO16PS. The van der Waals surface area contributed by atoms with E-state index in [4.69, 9.17) is 29.4 Å². The lowest BCUT2D eigenvalue weighted by Crippen LogP contribution is -2.64. The molecule has 0 radical (unpaired) electrons. The average molecular weight is 1050 g/mol. The Morgan fingerprint density at radius 2 is 1.17 bits per heavy atom. The molecule has 0 aromatic carbocycles. The summed E-state index contributed by atoms with van der Waals surface area (Å²) in [5.41, 5.74) is 6.22. The molecular weight excluding hydrogens is 958 g/mol. The van der Waals surface area contributed by atoms with Gasteiger partial charge in [-0.3, -0.25) is 23.4 Å². The summed E-state index contributed by atoms with van der Waals surface area (Å²) in [4.78, 5) is 47.7. The number of allylic oxidation sites excluding steroid dienone is 11. The molecule has 0 saturated heterocycles. The van der Waals surface area contributed by atoms with Crippen LogP contribution in [0.15, 0.2) is 72.9 Å². The van der Waals surface area contributed by atoms with Gasteiger partial charge in [-0.1, -0.05) is 145 Å². The molecule has 11 atom stereocenters. The summed E-state index contributed by atoms with van der Waals surface area (Å²) in [7, 11) is -5.29. The van der Waals surface area contributed by atoms with Gasteiger partial charge in [0.25, 0.3) is 0 Å². The number of unbranched alkanes of at least 4 members (excludes halogenated alkanes) is 13. The minimum Gasteiger partial charge on any atom is -0.481 e. The number of carbonyl (C=O) groups is 3. The van der Waals surface area contributed by atoms with Crippen molar-refractivity contribution in [1.82, 2.24) is 0 Å². The summed E-state index contributed by atoms with van der Waals surface area (Å²) in [6.45, 7) is 2.82. The Hall–Kier alpha value is -2.97. The fourth-order valence-electron chi connectivity index (χ4n) is 7.21. The number of aliphatic hydroxyl groups excluding tert-OH is 6. The smallest absolute Gasteiger partial charge is 0.472 e. The summed E-state index contributed by atoms with van der Waals surface area (Å²) in [6, 6.07) is -1.34. The van der Waals surface area contributed by atoms with Gasteiger partial charge in [-0.2, -0.15) is 0 Å². The monoisotopic (exact) mass is 1050 g/mol. The fourth-order valence-corrected chi connectivity index (χ4v) is 9.31. The van der Waals surface area contributed by atoms with E-state index < -0.39 is 99.1 Å². The zero-order valence-electron chi connectivity index (χ0n) is 42.2. The van der Waals surface area contributed by atoms with E-state index in [0.29, 0.717) is 6.42 Å². The van der Waals surface area contributed by atoms with Crippen molar-refractivity contribution in [3.63, 3.8) is 0 Å². The number of rotatable bonds is 42. The van der Waals surface area contributed by atoms with Crippen LogP contribution in [0.5, 0.6) is 0 Å². The van der Waals surface area contributed by atoms with Crippen molar-refractivity contribution >= 4 is 37.5 Å². The Morgan fingerprint density at radius 3 is 1.75 bits per heavy atom. The van der Waals surface area contributed by atoms with Gasteiger partial charge in [0.15, 0.2) is 6.10 Å². The highest BCUT2D eigenvalue weighted by molar-refractivity contribution is 8.00. The predicted octanol–water partition coefficient (Wildman–Crippen LogP) is 7.60. The Morgan fingerprint density at radius 1 is 0.648 bits per heavy atom. The fraction of sp³-hybridized carbons (Fsp3) is 0.712.